The molecule has 2 fully saturated rings. The van der Waals surface area contributed by atoms with Crippen molar-refractivity contribution in [1.29, 1.82) is 0 Å². The summed E-state index contributed by atoms with van der Waals surface area (Å²) in [6.07, 6.45) is 0. The Morgan fingerprint density at radius 1 is 0.800 bits per heavy atom. The van der Waals surface area contributed by atoms with Gasteiger partial charge in [0.1, 0.15) is 24.7 Å². The Bertz CT molecular complexity index is 566. The van der Waals surface area contributed by atoms with Gasteiger partial charge in [-0.2, -0.15) is 23.5 Å². The van der Waals surface area contributed by atoms with Crippen LogP contribution in [0.25, 0.3) is 10.8 Å². The molecule has 0 bridgehead atoms. The molecule has 0 aliphatic carbocycles. The van der Waals surface area contributed by atoms with Crippen molar-refractivity contribution in [1.82, 2.24) is 0 Å². The maximum absolute atomic E-state index is 5.96. The molecule has 0 amide bonds. The summed E-state index contributed by atoms with van der Waals surface area (Å²) in [6, 6.07) is 12.4. The van der Waals surface area contributed by atoms with Crippen LogP contribution in [0.4, 0.5) is 0 Å². The van der Waals surface area contributed by atoms with Crippen molar-refractivity contribution < 1.29 is 9.47 Å². The number of hydrogen-bond donors (Lipinski definition) is 0. The van der Waals surface area contributed by atoms with Crippen LogP contribution in [0.5, 0.6) is 11.5 Å². The molecule has 2 aliphatic rings. The molecule has 4 heteroatoms. The summed E-state index contributed by atoms with van der Waals surface area (Å²) < 4.78 is 11.9. The third-order valence-corrected chi connectivity index (χ3v) is 5.38. The van der Waals surface area contributed by atoms with Crippen molar-refractivity contribution in [3.8, 4) is 11.5 Å². The number of hydrogen-bond acceptors (Lipinski definition) is 4. The lowest BCUT2D eigenvalue weighted by atomic mass is 10.1. The van der Waals surface area contributed by atoms with Crippen LogP contribution < -0.4 is 9.47 Å². The highest BCUT2D eigenvalue weighted by Gasteiger charge is 2.24. The molecule has 2 atom stereocenters. The van der Waals surface area contributed by atoms with E-state index < -0.39 is 0 Å². The molecule has 20 heavy (non-hydrogen) atoms. The van der Waals surface area contributed by atoms with E-state index in [0.29, 0.717) is 10.5 Å². The second kappa shape index (κ2) is 5.41. The summed E-state index contributed by atoms with van der Waals surface area (Å²) in [5.74, 6) is 4.42. The van der Waals surface area contributed by atoms with E-state index in [-0.39, 0.29) is 0 Å². The second-order valence-corrected chi connectivity index (χ2v) is 7.81. The van der Waals surface area contributed by atoms with E-state index in [1.54, 1.807) is 0 Å². The van der Waals surface area contributed by atoms with Crippen molar-refractivity contribution in [2.24, 2.45) is 0 Å². The van der Waals surface area contributed by atoms with E-state index in [4.69, 9.17) is 9.47 Å². The first kappa shape index (κ1) is 12.7. The summed E-state index contributed by atoms with van der Waals surface area (Å²) in [5, 5.41) is 3.69. The van der Waals surface area contributed by atoms with Gasteiger partial charge in [0.2, 0.25) is 0 Å². The normalized spacial score (nSPS) is 23.6. The molecule has 2 unspecified atom stereocenters. The average Bonchev–Trinajstić information content (AvgIpc) is 3.37. The van der Waals surface area contributed by atoms with Crippen LogP contribution >= 0.6 is 23.5 Å². The predicted octanol–water partition coefficient (Wildman–Crippen LogP) is 3.83. The second-order valence-electron chi connectivity index (χ2n) is 5.14. The standard InChI is InChI=1S/C16H16O2S2/c1-3-13-14(15(5-1)17-7-11-9-19-11)4-2-6-16(13)18-8-12-10-20-12/h1-6,11-12H,7-10H2. The minimum Gasteiger partial charge on any atom is -0.492 e. The summed E-state index contributed by atoms with van der Waals surface area (Å²) >= 11 is 3.92. The Labute approximate surface area is 127 Å². The van der Waals surface area contributed by atoms with Crippen molar-refractivity contribution >= 4 is 34.3 Å². The quantitative estimate of drug-likeness (QED) is 0.755. The van der Waals surface area contributed by atoms with Crippen LogP contribution in [0.3, 0.4) is 0 Å². The van der Waals surface area contributed by atoms with Gasteiger partial charge < -0.3 is 9.47 Å². The highest BCUT2D eigenvalue weighted by molar-refractivity contribution is 8.07. The first-order valence-electron chi connectivity index (χ1n) is 6.91. The fourth-order valence-electron chi connectivity index (χ4n) is 2.20. The van der Waals surface area contributed by atoms with Gasteiger partial charge in [0.15, 0.2) is 0 Å². The molecule has 2 nitrogen and oxygen atoms in total. The van der Waals surface area contributed by atoms with Gasteiger partial charge in [0.05, 0.1) is 0 Å². The Kier molecular flexibility index (Phi) is 3.44. The third-order valence-electron chi connectivity index (χ3n) is 3.50. The Morgan fingerprint density at radius 3 is 1.65 bits per heavy atom. The van der Waals surface area contributed by atoms with Crippen LogP contribution in [0.2, 0.25) is 0 Å². The average molecular weight is 304 g/mol. The minimum absolute atomic E-state index is 0.691. The number of fused-ring (bicyclic) bond motifs is 1. The van der Waals surface area contributed by atoms with Gasteiger partial charge >= 0.3 is 0 Å². The molecule has 0 spiro atoms. The fourth-order valence-corrected chi connectivity index (χ4v) is 2.99. The molecule has 2 aliphatic heterocycles. The highest BCUT2D eigenvalue weighted by atomic mass is 32.2. The topological polar surface area (TPSA) is 18.5 Å². The lowest BCUT2D eigenvalue weighted by molar-refractivity contribution is 0.330. The third kappa shape index (κ3) is 2.86. The molecule has 0 N–H and O–H groups in total. The molecule has 2 saturated heterocycles. The molecule has 0 aromatic heterocycles. The first-order chi connectivity index (χ1) is 9.90. The van der Waals surface area contributed by atoms with Gasteiger partial charge in [-0.3, -0.25) is 0 Å². The van der Waals surface area contributed by atoms with E-state index in [0.717, 1.165) is 35.5 Å². The molecule has 2 aromatic carbocycles. The number of thioether (sulfide) groups is 2. The lowest BCUT2D eigenvalue weighted by Crippen LogP contribution is -2.04. The van der Waals surface area contributed by atoms with E-state index >= 15 is 0 Å². The minimum atomic E-state index is 0.691. The van der Waals surface area contributed by atoms with Crippen molar-refractivity contribution in [3.63, 3.8) is 0 Å². The van der Waals surface area contributed by atoms with E-state index in [1.807, 2.05) is 23.5 Å². The highest BCUT2D eigenvalue weighted by Crippen LogP contribution is 2.36. The summed E-state index contributed by atoms with van der Waals surface area (Å²) in [7, 11) is 0. The van der Waals surface area contributed by atoms with Gasteiger partial charge in [-0.25, -0.2) is 0 Å². The molecule has 2 aromatic rings. The van der Waals surface area contributed by atoms with Gasteiger partial charge in [-0.15, -0.1) is 0 Å². The smallest absolute Gasteiger partial charge is 0.127 e. The van der Waals surface area contributed by atoms with E-state index in [9.17, 15) is 0 Å². The van der Waals surface area contributed by atoms with E-state index in [2.05, 4.69) is 36.4 Å². The maximum atomic E-state index is 5.96. The fraction of sp³-hybridized carbons (Fsp3) is 0.375. The number of rotatable bonds is 6. The van der Waals surface area contributed by atoms with Crippen LogP contribution in [0.15, 0.2) is 36.4 Å². The van der Waals surface area contributed by atoms with Crippen molar-refractivity contribution in [3.05, 3.63) is 36.4 Å². The first-order valence-corrected chi connectivity index (χ1v) is 9.00. The Hall–Kier alpha value is -1.00. The zero-order valence-corrected chi connectivity index (χ0v) is 12.7. The maximum Gasteiger partial charge on any atom is 0.127 e. The van der Waals surface area contributed by atoms with Crippen LogP contribution in [-0.4, -0.2) is 35.2 Å². The number of ether oxygens (including phenoxy) is 2. The molecule has 0 saturated carbocycles. The molecule has 104 valence electrons. The van der Waals surface area contributed by atoms with E-state index in [1.165, 1.54) is 11.5 Å². The van der Waals surface area contributed by atoms with Crippen LogP contribution in [-0.2, 0) is 0 Å². The van der Waals surface area contributed by atoms with Gasteiger partial charge in [-0.05, 0) is 12.1 Å². The SMILES string of the molecule is c1cc(OCC2CS2)c2cccc(OCC3CS3)c2c1. The molecule has 2 heterocycles. The summed E-state index contributed by atoms with van der Waals surface area (Å²) in [4.78, 5) is 0. The van der Waals surface area contributed by atoms with Crippen molar-refractivity contribution in [2.45, 2.75) is 10.5 Å². The van der Waals surface area contributed by atoms with Crippen LogP contribution in [0.1, 0.15) is 0 Å². The molecule has 4 rings (SSSR count). The monoisotopic (exact) mass is 304 g/mol. The van der Waals surface area contributed by atoms with Gasteiger partial charge in [0.25, 0.3) is 0 Å². The van der Waals surface area contributed by atoms with Gasteiger partial charge in [0, 0.05) is 32.8 Å². The van der Waals surface area contributed by atoms with Gasteiger partial charge in [-0.1, -0.05) is 24.3 Å². The zero-order valence-electron chi connectivity index (χ0n) is 11.1. The largest absolute Gasteiger partial charge is 0.492 e. The zero-order chi connectivity index (χ0) is 13.4. The molecule has 0 radical (unpaired) electrons. The number of benzene rings is 2. The summed E-state index contributed by atoms with van der Waals surface area (Å²) in [5.41, 5.74) is 0. The Morgan fingerprint density at radius 2 is 1.25 bits per heavy atom. The van der Waals surface area contributed by atoms with Crippen LogP contribution in [0, 0.1) is 0 Å². The Balaban J connectivity index is 1.60. The van der Waals surface area contributed by atoms with Crippen molar-refractivity contribution in [2.75, 3.05) is 24.7 Å². The predicted molar refractivity (Wildman–Crippen MR) is 87.4 cm³/mol. The summed E-state index contributed by atoms with van der Waals surface area (Å²) in [6.45, 7) is 1.63. The molecular formula is C16H16O2S2. The lowest BCUT2D eigenvalue weighted by Gasteiger charge is -2.12. The molecular weight excluding hydrogens is 288 g/mol.